The van der Waals surface area contributed by atoms with E-state index in [0.717, 1.165) is 37.2 Å². The lowest BCUT2D eigenvalue weighted by Crippen LogP contribution is -2.35. The van der Waals surface area contributed by atoms with Crippen molar-refractivity contribution in [3.63, 3.8) is 0 Å². The molecule has 3 aromatic rings. The van der Waals surface area contributed by atoms with Gasteiger partial charge in [-0.1, -0.05) is 61.5 Å². The summed E-state index contributed by atoms with van der Waals surface area (Å²) in [6, 6.07) is 23.6. The molecule has 0 spiro atoms. The van der Waals surface area contributed by atoms with Crippen molar-refractivity contribution in [2.24, 2.45) is 5.92 Å². The fourth-order valence-corrected chi connectivity index (χ4v) is 4.84. The molecule has 1 atom stereocenters. The lowest BCUT2D eigenvalue weighted by Gasteiger charge is -2.33. The van der Waals surface area contributed by atoms with E-state index in [-0.39, 0.29) is 17.7 Å². The van der Waals surface area contributed by atoms with E-state index < -0.39 is 0 Å². The van der Waals surface area contributed by atoms with Gasteiger partial charge in [-0.2, -0.15) is 0 Å². The Bertz CT molecular complexity index is 937. The molecule has 0 N–H and O–H groups in total. The Morgan fingerprint density at radius 1 is 0.794 bits per heavy atom. The van der Waals surface area contributed by atoms with Gasteiger partial charge in [0.15, 0.2) is 0 Å². The van der Waals surface area contributed by atoms with Crippen molar-refractivity contribution < 1.29 is 13.5 Å². The standard InChI is InChI=1S/C30H35F2NO/c1-23(25-5-3-2-4-6-25)15-19-33-20-16-24(17-21-33)18-22-34-30(26-7-11-28(31)12-8-26)27-9-13-29(32)14-10-27/h2-14,23-24,30H,15-22H2,1H3/t23-/m0/s1. The number of likely N-dealkylation sites (tertiary alicyclic amines) is 1. The minimum atomic E-state index is -0.319. The van der Waals surface area contributed by atoms with Gasteiger partial charge in [0.25, 0.3) is 0 Å². The number of piperidine rings is 1. The van der Waals surface area contributed by atoms with Crippen LogP contribution >= 0.6 is 0 Å². The Labute approximate surface area is 202 Å². The number of hydrogen-bond acceptors (Lipinski definition) is 2. The Morgan fingerprint density at radius 3 is 1.91 bits per heavy atom. The van der Waals surface area contributed by atoms with Crippen LogP contribution in [0.15, 0.2) is 78.9 Å². The third kappa shape index (κ3) is 6.97. The van der Waals surface area contributed by atoms with Crippen LogP contribution in [0, 0.1) is 17.6 Å². The van der Waals surface area contributed by atoms with Crippen LogP contribution in [0.1, 0.15) is 61.3 Å². The lowest BCUT2D eigenvalue weighted by molar-refractivity contribution is 0.0599. The van der Waals surface area contributed by atoms with Crippen LogP contribution in [-0.2, 0) is 4.74 Å². The molecule has 0 saturated carbocycles. The van der Waals surface area contributed by atoms with Gasteiger partial charge in [-0.05, 0) is 98.1 Å². The SMILES string of the molecule is C[C@@H](CCN1CCC(CCOC(c2ccc(F)cc2)c2ccc(F)cc2)CC1)c1ccccc1. The summed E-state index contributed by atoms with van der Waals surface area (Å²) in [6.07, 6.45) is 4.27. The number of benzene rings is 3. The number of hydrogen-bond donors (Lipinski definition) is 0. The van der Waals surface area contributed by atoms with Crippen LogP contribution in [0.5, 0.6) is 0 Å². The molecular weight excluding hydrogens is 428 g/mol. The van der Waals surface area contributed by atoms with Gasteiger partial charge in [-0.15, -0.1) is 0 Å². The van der Waals surface area contributed by atoms with Crippen LogP contribution in [0.25, 0.3) is 0 Å². The average Bonchev–Trinajstić information content (AvgIpc) is 2.88. The average molecular weight is 464 g/mol. The van der Waals surface area contributed by atoms with E-state index in [1.807, 2.05) is 0 Å². The second-order valence-corrected chi connectivity index (χ2v) is 9.53. The molecule has 0 aromatic heterocycles. The Morgan fingerprint density at radius 2 is 1.35 bits per heavy atom. The van der Waals surface area contributed by atoms with Crippen LogP contribution < -0.4 is 0 Å². The van der Waals surface area contributed by atoms with Gasteiger partial charge >= 0.3 is 0 Å². The Balaban J connectivity index is 1.23. The predicted molar refractivity (Wildman–Crippen MR) is 134 cm³/mol. The van der Waals surface area contributed by atoms with Crippen molar-refractivity contribution >= 4 is 0 Å². The topological polar surface area (TPSA) is 12.5 Å². The van der Waals surface area contributed by atoms with Crippen molar-refractivity contribution in [3.05, 3.63) is 107 Å². The van der Waals surface area contributed by atoms with Crippen molar-refractivity contribution in [3.8, 4) is 0 Å². The van der Waals surface area contributed by atoms with Crippen LogP contribution in [-0.4, -0.2) is 31.1 Å². The Kier molecular flexibility index (Phi) is 8.84. The van der Waals surface area contributed by atoms with Gasteiger partial charge in [0.05, 0.1) is 0 Å². The second kappa shape index (κ2) is 12.2. The fraction of sp³-hybridized carbons (Fsp3) is 0.400. The molecule has 1 saturated heterocycles. The predicted octanol–water partition coefficient (Wildman–Crippen LogP) is 7.37. The zero-order valence-corrected chi connectivity index (χ0v) is 20.0. The third-order valence-corrected chi connectivity index (χ3v) is 7.11. The summed E-state index contributed by atoms with van der Waals surface area (Å²) < 4.78 is 33.1. The quantitative estimate of drug-likeness (QED) is 0.311. The molecule has 180 valence electrons. The highest BCUT2D eigenvalue weighted by Crippen LogP contribution is 2.29. The van der Waals surface area contributed by atoms with Gasteiger partial charge in [0, 0.05) is 6.61 Å². The molecule has 3 aromatic carbocycles. The highest BCUT2D eigenvalue weighted by molar-refractivity contribution is 5.30. The number of nitrogens with zero attached hydrogens (tertiary/aromatic N) is 1. The third-order valence-electron chi connectivity index (χ3n) is 7.11. The Hall–Kier alpha value is -2.56. The van der Waals surface area contributed by atoms with E-state index in [0.29, 0.717) is 18.4 Å². The zero-order valence-electron chi connectivity index (χ0n) is 20.0. The van der Waals surface area contributed by atoms with E-state index in [2.05, 4.69) is 42.2 Å². The molecule has 1 aliphatic rings. The largest absolute Gasteiger partial charge is 0.369 e. The monoisotopic (exact) mass is 463 g/mol. The van der Waals surface area contributed by atoms with E-state index in [1.54, 1.807) is 24.3 Å². The smallest absolute Gasteiger partial charge is 0.123 e. The maximum Gasteiger partial charge on any atom is 0.123 e. The highest BCUT2D eigenvalue weighted by Gasteiger charge is 2.21. The molecule has 1 heterocycles. The summed E-state index contributed by atoms with van der Waals surface area (Å²) in [6.45, 7) is 6.39. The summed E-state index contributed by atoms with van der Waals surface area (Å²) in [7, 11) is 0. The minimum Gasteiger partial charge on any atom is -0.369 e. The molecule has 0 bridgehead atoms. The summed E-state index contributed by atoms with van der Waals surface area (Å²) >= 11 is 0. The van der Waals surface area contributed by atoms with Gasteiger partial charge in [0.2, 0.25) is 0 Å². The highest BCUT2D eigenvalue weighted by atomic mass is 19.1. The normalized spacial score (nSPS) is 16.1. The molecule has 0 unspecified atom stereocenters. The van der Waals surface area contributed by atoms with E-state index in [9.17, 15) is 8.78 Å². The molecule has 0 aliphatic carbocycles. The van der Waals surface area contributed by atoms with Gasteiger partial charge < -0.3 is 9.64 Å². The van der Waals surface area contributed by atoms with Crippen molar-refractivity contribution in [2.75, 3.05) is 26.2 Å². The minimum absolute atomic E-state index is 0.272. The maximum absolute atomic E-state index is 13.4. The van der Waals surface area contributed by atoms with Crippen LogP contribution in [0.4, 0.5) is 8.78 Å². The molecule has 2 nitrogen and oxygen atoms in total. The summed E-state index contributed by atoms with van der Waals surface area (Å²) in [4.78, 5) is 2.59. The molecule has 34 heavy (non-hydrogen) atoms. The zero-order chi connectivity index (χ0) is 23.8. The first kappa shape index (κ1) is 24.6. The lowest BCUT2D eigenvalue weighted by atomic mass is 9.92. The maximum atomic E-state index is 13.4. The van der Waals surface area contributed by atoms with E-state index in [1.165, 1.54) is 49.1 Å². The van der Waals surface area contributed by atoms with Gasteiger partial charge in [-0.25, -0.2) is 8.78 Å². The molecule has 0 amide bonds. The first-order valence-corrected chi connectivity index (χ1v) is 12.5. The number of rotatable bonds is 10. The first-order valence-electron chi connectivity index (χ1n) is 12.5. The van der Waals surface area contributed by atoms with Gasteiger partial charge in [0.1, 0.15) is 17.7 Å². The van der Waals surface area contributed by atoms with E-state index >= 15 is 0 Å². The summed E-state index contributed by atoms with van der Waals surface area (Å²) in [5, 5.41) is 0. The first-order chi connectivity index (χ1) is 16.6. The molecular formula is C30H35F2NO. The van der Waals surface area contributed by atoms with Gasteiger partial charge in [-0.3, -0.25) is 0 Å². The van der Waals surface area contributed by atoms with Crippen LogP contribution in [0.2, 0.25) is 0 Å². The molecule has 0 radical (unpaired) electrons. The van der Waals surface area contributed by atoms with Crippen molar-refractivity contribution in [1.29, 1.82) is 0 Å². The molecule has 1 aliphatic heterocycles. The fourth-order valence-electron chi connectivity index (χ4n) is 4.84. The number of halogens is 2. The molecule has 4 heteroatoms. The molecule has 4 rings (SSSR count). The molecule has 1 fully saturated rings. The number of ether oxygens (including phenoxy) is 1. The van der Waals surface area contributed by atoms with Crippen LogP contribution in [0.3, 0.4) is 0 Å². The summed E-state index contributed by atoms with van der Waals surface area (Å²) in [5.74, 6) is 0.699. The van der Waals surface area contributed by atoms with Crippen molar-refractivity contribution in [1.82, 2.24) is 4.90 Å². The van der Waals surface area contributed by atoms with Crippen molar-refractivity contribution in [2.45, 2.75) is 44.6 Å². The van der Waals surface area contributed by atoms with E-state index in [4.69, 9.17) is 4.74 Å². The summed E-state index contributed by atoms with van der Waals surface area (Å²) in [5.41, 5.74) is 3.19. The second-order valence-electron chi connectivity index (χ2n) is 9.53.